The third-order valence-corrected chi connectivity index (χ3v) is 4.28. The highest BCUT2D eigenvalue weighted by Gasteiger charge is 2.18. The van der Waals surface area contributed by atoms with E-state index in [9.17, 15) is 4.79 Å². The summed E-state index contributed by atoms with van der Waals surface area (Å²) in [6.45, 7) is 2.93. The van der Waals surface area contributed by atoms with Gasteiger partial charge in [0.25, 0.3) is 5.56 Å². The first kappa shape index (κ1) is 12.9. The van der Waals surface area contributed by atoms with E-state index in [0.29, 0.717) is 26.9 Å². The SMILES string of the molecule is CC1CCc2nc3cc(Cl)cc(Cl)c3c(=O)n2CC1. The van der Waals surface area contributed by atoms with Crippen molar-refractivity contribution in [3.05, 3.63) is 38.4 Å². The second kappa shape index (κ2) is 4.80. The molecule has 2 aromatic rings. The van der Waals surface area contributed by atoms with Gasteiger partial charge < -0.3 is 0 Å². The lowest BCUT2D eigenvalue weighted by Crippen LogP contribution is -2.24. The van der Waals surface area contributed by atoms with Crippen molar-refractivity contribution in [2.75, 3.05) is 0 Å². The van der Waals surface area contributed by atoms with E-state index in [4.69, 9.17) is 23.2 Å². The van der Waals surface area contributed by atoms with Crippen molar-refractivity contribution in [1.29, 1.82) is 0 Å². The van der Waals surface area contributed by atoms with Gasteiger partial charge in [0.1, 0.15) is 5.82 Å². The van der Waals surface area contributed by atoms with Crippen LogP contribution < -0.4 is 5.56 Å². The summed E-state index contributed by atoms with van der Waals surface area (Å²) in [4.78, 5) is 17.1. The highest BCUT2D eigenvalue weighted by molar-refractivity contribution is 6.38. The maximum Gasteiger partial charge on any atom is 0.262 e. The molecule has 1 aromatic carbocycles. The largest absolute Gasteiger partial charge is 0.296 e. The number of benzene rings is 1. The average Bonchev–Trinajstić information content (AvgIpc) is 2.51. The van der Waals surface area contributed by atoms with E-state index in [1.54, 1.807) is 16.7 Å². The molecule has 1 aliphatic rings. The normalized spacial score (nSPS) is 19.2. The molecule has 0 saturated heterocycles. The molecule has 0 amide bonds. The van der Waals surface area contributed by atoms with Gasteiger partial charge in [-0.15, -0.1) is 0 Å². The fourth-order valence-electron chi connectivity index (χ4n) is 2.60. The zero-order valence-electron chi connectivity index (χ0n) is 10.6. The molecular formula is C14H14Cl2N2O. The van der Waals surface area contributed by atoms with Crippen molar-refractivity contribution in [3.8, 4) is 0 Å². The highest BCUT2D eigenvalue weighted by atomic mass is 35.5. The Balaban J connectivity index is 2.31. The Labute approximate surface area is 121 Å². The lowest BCUT2D eigenvalue weighted by molar-refractivity contribution is 0.484. The molecule has 1 aliphatic heterocycles. The topological polar surface area (TPSA) is 34.9 Å². The van der Waals surface area contributed by atoms with Gasteiger partial charge in [0.2, 0.25) is 0 Å². The number of aryl methyl sites for hydroxylation is 1. The van der Waals surface area contributed by atoms with Crippen LogP contribution in [-0.4, -0.2) is 9.55 Å². The van der Waals surface area contributed by atoms with Crippen LogP contribution in [0.5, 0.6) is 0 Å². The van der Waals surface area contributed by atoms with Gasteiger partial charge in [-0.25, -0.2) is 4.98 Å². The molecule has 3 nitrogen and oxygen atoms in total. The first-order valence-electron chi connectivity index (χ1n) is 6.44. The molecule has 100 valence electrons. The zero-order chi connectivity index (χ0) is 13.6. The Morgan fingerprint density at radius 1 is 1.32 bits per heavy atom. The third kappa shape index (κ3) is 2.26. The number of hydrogen-bond acceptors (Lipinski definition) is 2. The summed E-state index contributed by atoms with van der Waals surface area (Å²) >= 11 is 12.1. The molecule has 0 saturated carbocycles. The minimum absolute atomic E-state index is 0.0456. The summed E-state index contributed by atoms with van der Waals surface area (Å²) in [5.41, 5.74) is 0.555. The van der Waals surface area contributed by atoms with Gasteiger partial charge in [-0.2, -0.15) is 0 Å². The minimum atomic E-state index is -0.0456. The Morgan fingerprint density at radius 2 is 2.11 bits per heavy atom. The van der Waals surface area contributed by atoms with Gasteiger partial charge in [0, 0.05) is 18.0 Å². The van der Waals surface area contributed by atoms with E-state index in [-0.39, 0.29) is 5.56 Å². The van der Waals surface area contributed by atoms with E-state index in [1.807, 2.05) is 0 Å². The summed E-state index contributed by atoms with van der Waals surface area (Å²) in [6, 6.07) is 3.31. The Morgan fingerprint density at radius 3 is 2.89 bits per heavy atom. The van der Waals surface area contributed by atoms with Crippen LogP contribution in [0, 0.1) is 5.92 Å². The lowest BCUT2D eigenvalue weighted by atomic mass is 10.0. The Bertz CT molecular complexity index is 709. The average molecular weight is 297 g/mol. The van der Waals surface area contributed by atoms with Gasteiger partial charge in [0.05, 0.1) is 15.9 Å². The monoisotopic (exact) mass is 296 g/mol. The summed E-state index contributed by atoms with van der Waals surface area (Å²) < 4.78 is 1.77. The van der Waals surface area contributed by atoms with Crippen molar-refractivity contribution in [2.45, 2.75) is 32.7 Å². The Kier molecular flexibility index (Phi) is 3.27. The van der Waals surface area contributed by atoms with Crippen LogP contribution in [0.4, 0.5) is 0 Å². The van der Waals surface area contributed by atoms with E-state index in [1.165, 1.54) is 0 Å². The molecule has 0 aliphatic carbocycles. The molecule has 0 bridgehead atoms. The molecule has 1 atom stereocenters. The summed E-state index contributed by atoms with van der Waals surface area (Å²) in [5.74, 6) is 1.46. The predicted octanol–water partition coefficient (Wildman–Crippen LogP) is 3.68. The van der Waals surface area contributed by atoms with Crippen LogP contribution in [0.3, 0.4) is 0 Å². The predicted molar refractivity (Wildman–Crippen MR) is 78.1 cm³/mol. The van der Waals surface area contributed by atoms with Crippen LogP contribution in [0.15, 0.2) is 16.9 Å². The van der Waals surface area contributed by atoms with Crippen LogP contribution in [0.1, 0.15) is 25.6 Å². The van der Waals surface area contributed by atoms with E-state index in [0.717, 1.165) is 31.6 Å². The quantitative estimate of drug-likeness (QED) is 0.743. The number of fused-ring (bicyclic) bond motifs is 2. The number of hydrogen-bond donors (Lipinski definition) is 0. The summed E-state index contributed by atoms with van der Waals surface area (Å²) in [5, 5.41) is 1.37. The molecule has 2 heterocycles. The number of halogens is 2. The van der Waals surface area contributed by atoms with Crippen LogP contribution in [0.2, 0.25) is 10.0 Å². The maximum atomic E-state index is 12.6. The highest BCUT2D eigenvalue weighted by Crippen LogP contribution is 2.26. The second-order valence-electron chi connectivity index (χ2n) is 5.20. The van der Waals surface area contributed by atoms with Crippen molar-refractivity contribution >= 4 is 34.1 Å². The molecule has 5 heteroatoms. The number of nitrogens with zero attached hydrogens (tertiary/aromatic N) is 2. The number of aromatic nitrogens is 2. The van der Waals surface area contributed by atoms with Crippen molar-refractivity contribution in [2.24, 2.45) is 5.92 Å². The molecule has 0 fully saturated rings. The maximum absolute atomic E-state index is 12.6. The van der Waals surface area contributed by atoms with Gasteiger partial charge >= 0.3 is 0 Å². The lowest BCUT2D eigenvalue weighted by Gasteiger charge is -2.11. The molecule has 3 rings (SSSR count). The van der Waals surface area contributed by atoms with E-state index in [2.05, 4.69) is 11.9 Å². The molecule has 1 unspecified atom stereocenters. The standard InChI is InChI=1S/C14H14Cl2N2O/c1-8-2-3-12-17-11-7-9(15)6-10(16)13(11)14(19)18(12)5-4-8/h6-8H,2-5H2,1H3. The molecule has 0 spiro atoms. The van der Waals surface area contributed by atoms with Gasteiger partial charge in [-0.1, -0.05) is 30.1 Å². The van der Waals surface area contributed by atoms with Gasteiger partial charge in [0.15, 0.2) is 0 Å². The third-order valence-electron chi connectivity index (χ3n) is 3.76. The minimum Gasteiger partial charge on any atom is -0.296 e. The zero-order valence-corrected chi connectivity index (χ0v) is 12.1. The van der Waals surface area contributed by atoms with Crippen LogP contribution in [-0.2, 0) is 13.0 Å². The summed E-state index contributed by atoms with van der Waals surface area (Å²) in [7, 11) is 0. The second-order valence-corrected chi connectivity index (χ2v) is 6.04. The van der Waals surface area contributed by atoms with Gasteiger partial charge in [-0.05, 0) is 30.9 Å². The smallest absolute Gasteiger partial charge is 0.262 e. The first-order valence-corrected chi connectivity index (χ1v) is 7.20. The fraction of sp³-hybridized carbons (Fsp3) is 0.429. The molecule has 0 N–H and O–H groups in total. The van der Waals surface area contributed by atoms with E-state index >= 15 is 0 Å². The summed E-state index contributed by atoms with van der Waals surface area (Å²) in [6.07, 6.45) is 2.90. The Hall–Kier alpha value is -1.06. The first-order chi connectivity index (χ1) is 9.06. The van der Waals surface area contributed by atoms with Gasteiger partial charge in [-0.3, -0.25) is 9.36 Å². The fourth-order valence-corrected chi connectivity index (χ4v) is 3.17. The van der Waals surface area contributed by atoms with Crippen molar-refractivity contribution in [3.63, 3.8) is 0 Å². The number of rotatable bonds is 0. The molecule has 0 radical (unpaired) electrons. The van der Waals surface area contributed by atoms with Crippen LogP contribution >= 0.6 is 23.2 Å². The molecule has 1 aromatic heterocycles. The molecule has 19 heavy (non-hydrogen) atoms. The van der Waals surface area contributed by atoms with E-state index < -0.39 is 0 Å². The van der Waals surface area contributed by atoms with Crippen molar-refractivity contribution in [1.82, 2.24) is 9.55 Å². The van der Waals surface area contributed by atoms with Crippen molar-refractivity contribution < 1.29 is 0 Å². The molecular weight excluding hydrogens is 283 g/mol. The van der Waals surface area contributed by atoms with Crippen LogP contribution in [0.25, 0.3) is 10.9 Å².